The van der Waals surface area contributed by atoms with E-state index in [0.29, 0.717) is 28.1 Å². The van der Waals surface area contributed by atoms with Crippen molar-refractivity contribution < 1.29 is 14.3 Å². The first-order chi connectivity index (χ1) is 11.2. The van der Waals surface area contributed by atoms with Crippen LogP contribution in [0.15, 0.2) is 51.4 Å². The van der Waals surface area contributed by atoms with E-state index in [0.717, 1.165) is 10.0 Å². The highest BCUT2D eigenvalue weighted by molar-refractivity contribution is 9.10. The zero-order chi connectivity index (χ0) is 16.2. The molecule has 5 nitrogen and oxygen atoms in total. The molecule has 0 bridgehead atoms. The molecule has 1 aromatic heterocycles. The number of nitrogens with zero attached hydrogens (tertiary/aromatic N) is 2. The molecule has 3 aromatic rings. The van der Waals surface area contributed by atoms with E-state index in [-0.39, 0.29) is 13.2 Å². The van der Waals surface area contributed by atoms with Crippen molar-refractivity contribution in [2.24, 2.45) is 0 Å². The Morgan fingerprint density at radius 1 is 1.13 bits per heavy atom. The molecule has 0 amide bonds. The fourth-order valence-electron chi connectivity index (χ4n) is 1.97. The number of hydrogen-bond donors (Lipinski definition) is 1. The van der Waals surface area contributed by atoms with Crippen LogP contribution >= 0.6 is 27.5 Å². The van der Waals surface area contributed by atoms with Crippen LogP contribution in [0.2, 0.25) is 5.02 Å². The summed E-state index contributed by atoms with van der Waals surface area (Å²) < 4.78 is 12.1. The predicted molar refractivity (Wildman–Crippen MR) is 89.1 cm³/mol. The SMILES string of the molecule is OCc1cc(Br)ccc1OCc1nnc(-c2ccc(Cl)cc2)o1. The van der Waals surface area contributed by atoms with Gasteiger partial charge in [0.15, 0.2) is 6.61 Å². The fourth-order valence-corrected chi connectivity index (χ4v) is 2.51. The van der Waals surface area contributed by atoms with Gasteiger partial charge in [-0.2, -0.15) is 0 Å². The van der Waals surface area contributed by atoms with Crippen molar-refractivity contribution in [3.8, 4) is 17.2 Å². The second-order valence-corrected chi connectivity index (χ2v) is 6.06. The molecule has 0 aliphatic heterocycles. The van der Waals surface area contributed by atoms with Crippen LogP contribution in [0, 0.1) is 0 Å². The summed E-state index contributed by atoms with van der Waals surface area (Å²) in [5, 5.41) is 17.9. The van der Waals surface area contributed by atoms with Crippen LogP contribution in [0.5, 0.6) is 5.75 Å². The molecule has 0 spiro atoms. The average Bonchev–Trinajstić information content (AvgIpc) is 3.03. The van der Waals surface area contributed by atoms with E-state index in [1.54, 1.807) is 36.4 Å². The highest BCUT2D eigenvalue weighted by Gasteiger charge is 2.10. The van der Waals surface area contributed by atoms with Crippen molar-refractivity contribution >= 4 is 27.5 Å². The minimum Gasteiger partial charge on any atom is -0.483 e. The second-order valence-electron chi connectivity index (χ2n) is 4.71. The van der Waals surface area contributed by atoms with E-state index in [4.69, 9.17) is 20.8 Å². The quantitative estimate of drug-likeness (QED) is 0.700. The highest BCUT2D eigenvalue weighted by Crippen LogP contribution is 2.25. The maximum absolute atomic E-state index is 9.35. The molecule has 1 N–H and O–H groups in total. The third kappa shape index (κ3) is 3.90. The van der Waals surface area contributed by atoms with Crippen LogP contribution in [-0.4, -0.2) is 15.3 Å². The van der Waals surface area contributed by atoms with Gasteiger partial charge in [-0.15, -0.1) is 10.2 Å². The average molecular weight is 396 g/mol. The fraction of sp³-hybridized carbons (Fsp3) is 0.125. The number of ether oxygens (including phenoxy) is 1. The molecule has 0 aliphatic carbocycles. The maximum atomic E-state index is 9.35. The number of benzene rings is 2. The first kappa shape index (κ1) is 16.0. The molecule has 1 heterocycles. The van der Waals surface area contributed by atoms with Gasteiger partial charge in [0.25, 0.3) is 5.89 Å². The molecule has 3 rings (SSSR count). The molecular formula is C16H12BrClN2O3. The number of halogens is 2. The second kappa shape index (κ2) is 7.12. The third-order valence-corrected chi connectivity index (χ3v) is 3.85. The normalized spacial score (nSPS) is 10.7. The molecule has 0 saturated heterocycles. The Kier molecular flexibility index (Phi) is 4.95. The van der Waals surface area contributed by atoms with Gasteiger partial charge < -0.3 is 14.3 Å². The summed E-state index contributed by atoms with van der Waals surface area (Å²) in [6.45, 7) is 0.00382. The lowest BCUT2D eigenvalue weighted by Crippen LogP contribution is -1.99. The Morgan fingerprint density at radius 2 is 1.91 bits per heavy atom. The van der Waals surface area contributed by atoms with E-state index in [2.05, 4.69) is 26.1 Å². The van der Waals surface area contributed by atoms with Crippen molar-refractivity contribution in [2.75, 3.05) is 0 Å². The predicted octanol–water partition coefficient (Wildman–Crippen LogP) is 4.22. The largest absolute Gasteiger partial charge is 0.483 e. The van der Waals surface area contributed by atoms with Gasteiger partial charge in [0.2, 0.25) is 5.89 Å². The third-order valence-electron chi connectivity index (χ3n) is 3.10. The van der Waals surface area contributed by atoms with Crippen LogP contribution < -0.4 is 4.74 Å². The Bertz CT molecular complexity index is 805. The van der Waals surface area contributed by atoms with Gasteiger partial charge in [-0.25, -0.2) is 0 Å². The molecule has 0 saturated carbocycles. The van der Waals surface area contributed by atoms with Gasteiger partial charge >= 0.3 is 0 Å². The summed E-state index contributed by atoms with van der Waals surface area (Å²) in [7, 11) is 0. The molecule has 0 unspecified atom stereocenters. The van der Waals surface area contributed by atoms with Crippen LogP contribution in [0.4, 0.5) is 0 Å². The Labute approximate surface area is 146 Å². The summed E-state index contributed by atoms with van der Waals surface area (Å²) in [4.78, 5) is 0. The number of aromatic nitrogens is 2. The van der Waals surface area contributed by atoms with E-state index < -0.39 is 0 Å². The molecule has 0 aliphatic rings. The summed E-state index contributed by atoms with van der Waals surface area (Å²) in [5.41, 5.74) is 1.46. The molecule has 7 heteroatoms. The van der Waals surface area contributed by atoms with E-state index in [1.807, 2.05) is 6.07 Å². The van der Waals surface area contributed by atoms with E-state index in [9.17, 15) is 5.11 Å². The first-order valence-corrected chi connectivity index (χ1v) is 7.93. The van der Waals surface area contributed by atoms with Gasteiger partial charge in [-0.1, -0.05) is 27.5 Å². The van der Waals surface area contributed by atoms with E-state index >= 15 is 0 Å². The Balaban J connectivity index is 1.71. The van der Waals surface area contributed by atoms with Crippen LogP contribution in [0.25, 0.3) is 11.5 Å². The molecule has 0 radical (unpaired) electrons. The number of aliphatic hydroxyl groups is 1. The van der Waals surface area contributed by atoms with Gasteiger partial charge in [-0.05, 0) is 42.5 Å². The number of rotatable bonds is 5. The summed E-state index contributed by atoms with van der Waals surface area (Å²) >= 11 is 9.20. The van der Waals surface area contributed by atoms with Gasteiger partial charge in [0, 0.05) is 20.6 Å². The van der Waals surface area contributed by atoms with Crippen LogP contribution in [0.1, 0.15) is 11.5 Å². The van der Waals surface area contributed by atoms with Gasteiger partial charge in [0.05, 0.1) is 6.61 Å². The minimum atomic E-state index is -0.116. The van der Waals surface area contributed by atoms with Crippen molar-refractivity contribution in [1.29, 1.82) is 0 Å². The van der Waals surface area contributed by atoms with Crippen molar-refractivity contribution in [2.45, 2.75) is 13.2 Å². The highest BCUT2D eigenvalue weighted by atomic mass is 79.9. The number of hydrogen-bond acceptors (Lipinski definition) is 5. The molecule has 2 aromatic carbocycles. The molecular weight excluding hydrogens is 384 g/mol. The van der Waals surface area contributed by atoms with Gasteiger partial charge in [-0.3, -0.25) is 0 Å². The van der Waals surface area contributed by atoms with Crippen LogP contribution in [0.3, 0.4) is 0 Å². The monoisotopic (exact) mass is 394 g/mol. The zero-order valence-corrected chi connectivity index (χ0v) is 14.2. The Hall–Kier alpha value is -1.89. The molecule has 23 heavy (non-hydrogen) atoms. The lowest BCUT2D eigenvalue weighted by atomic mass is 10.2. The standard InChI is InChI=1S/C16H12BrClN2O3/c17-12-3-6-14(11(7-12)8-21)22-9-15-19-20-16(23-15)10-1-4-13(18)5-2-10/h1-7,21H,8-9H2. The van der Waals surface area contributed by atoms with E-state index in [1.165, 1.54) is 0 Å². The smallest absolute Gasteiger partial charge is 0.254 e. The number of aliphatic hydroxyl groups excluding tert-OH is 1. The van der Waals surface area contributed by atoms with Gasteiger partial charge in [0.1, 0.15) is 5.75 Å². The summed E-state index contributed by atoms with van der Waals surface area (Å²) in [6, 6.07) is 12.5. The van der Waals surface area contributed by atoms with Crippen LogP contribution in [-0.2, 0) is 13.2 Å². The first-order valence-electron chi connectivity index (χ1n) is 6.76. The van der Waals surface area contributed by atoms with Crippen molar-refractivity contribution in [1.82, 2.24) is 10.2 Å². The van der Waals surface area contributed by atoms with Crippen molar-refractivity contribution in [3.05, 3.63) is 63.4 Å². The molecule has 118 valence electrons. The van der Waals surface area contributed by atoms with Crippen molar-refractivity contribution in [3.63, 3.8) is 0 Å². The maximum Gasteiger partial charge on any atom is 0.254 e. The Morgan fingerprint density at radius 3 is 2.65 bits per heavy atom. The topological polar surface area (TPSA) is 68.4 Å². The lowest BCUT2D eigenvalue weighted by molar-refractivity contribution is 0.242. The molecule has 0 fully saturated rings. The summed E-state index contributed by atoms with van der Waals surface area (Å²) in [6.07, 6.45) is 0. The minimum absolute atomic E-state index is 0.116. The lowest BCUT2D eigenvalue weighted by Gasteiger charge is -2.08. The molecule has 0 atom stereocenters. The zero-order valence-electron chi connectivity index (χ0n) is 11.9. The summed E-state index contributed by atoms with van der Waals surface area (Å²) in [5.74, 6) is 1.32.